The number of aromatic nitrogens is 2. The van der Waals surface area contributed by atoms with Crippen LogP contribution in [0.2, 0.25) is 0 Å². The fourth-order valence-corrected chi connectivity index (χ4v) is 3.39. The largest absolute Gasteiger partial charge is 0.392 e. The van der Waals surface area contributed by atoms with Gasteiger partial charge in [-0.1, -0.05) is 19.1 Å². The van der Waals surface area contributed by atoms with Crippen LogP contribution >= 0.6 is 0 Å². The van der Waals surface area contributed by atoms with Gasteiger partial charge in [0.2, 0.25) is 5.91 Å². The average molecular weight is 426 g/mol. The molecular formula is C22H23FN4O4. The molecule has 31 heavy (non-hydrogen) atoms. The summed E-state index contributed by atoms with van der Waals surface area (Å²) in [6, 6.07) is 7.64. The van der Waals surface area contributed by atoms with Crippen LogP contribution < -0.4 is 16.6 Å². The molecule has 4 N–H and O–H groups in total. The van der Waals surface area contributed by atoms with Crippen molar-refractivity contribution >= 4 is 22.8 Å². The summed E-state index contributed by atoms with van der Waals surface area (Å²) in [5.74, 6) is -1.75. The zero-order valence-corrected chi connectivity index (χ0v) is 17.0. The number of primary amides is 1. The minimum absolute atomic E-state index is 0.0195. The zero-order chi connectivity index (χ0) is 22.5. The van der Waals surface area contributed by atoms with Gasteiger partial charge < -0.3 is 16.2 Å². The summed E-state index contributed by atoms with van der Waals surface area (Å²) in [4.78, 5) is 41.6. The molecule has 0 saturated heterocycles. The number of hydrogen-bond acceptors (Lipinski definition) is 5. The van der Waals surface area contributed by atoms with Crippen molar-refractivity contribution in [1.29, 1.82) is 0 Å². The van der Waals surface area contributed by atoms with Crippen LogP contribution in [-0.4, -0.2) is 33.0 Å². The predicted octanol–water partition coefficient (Wildman–Crippen LogP) is 1.24. The molecule has 0 aliphatic heterocycles. The summed E-state index contributed by atoms with van der Waals surface area (Å²) >= 11 is 0. The van der Waals surface area contributed by atoms with Crippen molar-refractivity contribution in [3.05, 3.63) is 75.0 Å². The van der Waals surface area contributed by atoms with Gasteiger partial charge in [0.1, 0.15) is 17.9 Å². The van der Waals surface area contributed by atoms with Crippen LogP contribution in [0.25, 0.3) is 11.0 Å². The molecule has 0 atom stereocenters. The normalized spacial score (nSPS) is 10.9. The highest BCUT2D eigenvalue weighted by atomic mass is 19.1. The molecule has 3 aromatic rings. The van der Waals surface area contributed by atoms with Crippen LogP contribution in [0.15, 0.2) is 41.3 Å². The monoisotopic (exact) mass is 426 g/mol. The molecule has 0 unspecified atom stereocenters. The van der Waals surface area contributed by atoms with Crippen LogP contribution in [0.3, 0.4) is 0 Å². The highest BCUT2D eigenvalue weighted by Gasteiger charge is 2.22. The highest BCUT2D eigenvalue weighted by molar-refractivity contribution is 5.98. The van der Waals surface area contributed by atoms with Gasteiger partial charge in [-0.15, -0.1) is 0 Å². The molecule has 2 aromatic heterocycles. The highest BCUT2D eigenvalue weighted by Crippen LogP contribution is 2.21. The summed E-state index contributed by atoms with van der Waals surface area (Å²) in [6.07, 6.45) is 2.67. The lowest BCUT2D eigenvalue weighted by Gasteiger charge is -2.16. The molecule has 9 heteroatoms. The quantitative estimate of drug-likeness (QED) is 0.499. The number of halogens is 1. The fourth-order valence-electron chi connectivity index (χ4n) is 3.39. The number of nitrogens with two attached hydrogens (primary N) is 1. The minimum atomic E-state index is -1.00. The number of carbonyl (C=O) groups excluding carboxylic acids is 2. The van der Waals surface area contributed by atoms with E-state index in [1.165, 1.54) is 12.1 Å². The molecule has 1 aromatic carbocycles. The predicted molar refractivity (Wildman–Crippen MR) is 113 cm³/mol. The second-order valence-electron chi connectivity index (χ2n) is 7.13. The van der Waals surface area contributed by atoms with Gasteiger partial charge in [0.05, 0.1) is 17.6 Å². The van der Waals surface area contributed by atoms with Crippen molar-refractivity contribution in [2.75, 3.05) is 6.54 Å². The van der Waals surface area contributed by atoms with Crippen molar-refractivity contribution in [3.63, 3.8) is 0 Å². The van der Waals surface area contributed by atoms with Crippen molar-refractivity contribution in [2.45, 2.75) is 32.9 Å². The Morgan fingerprint density at radius 2 is 1.94 bits per heavy atom. The molecule has 0 fully saturated rings. The summed E-state index contributed by atoms with van der Waals surface area (Å²) in [6.45, 7) is 1.39. The first-order valence-corrected chi connectivity index (χ1v) is 9.81. The third-order valence-corrected chi connectivity index (χ3v) is 4.86. The van der Waals surface area contributed by atoms with Gasteiger partial charge in [-0.05, 0) is 42.2 Å². The van der Waals surface area contributed by atoms with E-state index in [2.05, 4.69) is 10.3 Å². The number of benzene rings is 1. The Labute approximate surface area is 177 Å². The van der Waals surface area contributed by atoms with Gasteiger partial charge in [0.25, 0.3) is 11.5 Å². The van der Waals surface area contributed by atoms with Gasteiger partial charge in [0.15, 0.2) is 0 Å². The first kappa shape index (κ1) is 22.1. The molecule has 162 valence electrons. The smallest absolute Gasteiger partial charge is 0.264 e. The van der Waals surface area contributed by atoms with Gasteiger partial charge >= 0.3 is 0 Å². The molecule has 3 rings (SSSR count). The summed E-state index contributed by atoms with van der Waals surface area (Å²) in [7, 11) is 0. The van der Waals surface area contributed by atoms with E-state index >= 15 is 0 Å². The van der Waals surface area contributed by atoms with E-state index < -0.39 is 29.5 Å². The average Bonchev–Trinajstić information content (AvgIpc) is 2.75. The number of carbonyl (C=O) groups is 2. The summed E-state index contributed by atoms with van der Waals surface area (Å²) < 4.78 is 14.3. The molecule has 2 amide bonds. The number of rotatable bonds is 8. The maximum absolute atomic E-state index is 13.2. The number of pyridine rings is 2. The zero-order valence-electron chi connectivity index (χ0n) is 17.0. The topological polar surface area (TPSA) is 127 Å². The Kier molecular flexibility index (Phi) is 6.76. The Morgan fingerprint density at radius 1 is 1.23 bits per heavy atom. The summed E-state index contributed by atoms with van der Waals surface area (Å²) in [5.41, 5.74) is 6.28. The molecular weight excluding hydrogens is 403 g/mol. The first-order valence-electron chi connectivity index (χ1n) is 9.81. The number of aliphatic hydroxyl groups excluding tert-OH is 1. The number of aliphatic hydroxyl groups is 1. The van der Waals surface area contributed by atoms with Crippen LogP contribution in [0.4, 0.5) is 4.39 Å². The minimum Gasteiger partial charge on any atom is -0.392 e. The van der Waals surface area contributed by atoms with E-state index in [1.807, 2.05) is 6.92 Å². The SMILES string of the molecule is CCCNC(=O)Cn1c(=O)c(C(N)=O)c(CO)c2ncc(Cc3ccc(F)cc3)cc21. The Bertz CT molecular complexity index is 1190. The van der Waals surface area contributed by atoms with Gasteiger partial charge in [-0.25, -0.2) is 4.39 Å². The standard InChI is InChI=1S/C22H23FN4O4/c1-2-7-25-18(29)11-27-17-9-14(8-13-3-5-15(23)6-4-13)10-26-20(17)16(12-28)19(21(24)30)22(27)31/h3-6,9-10,28H,2,7-8,11-12H2,1H3,(H2,24,30)(H,25,29). The van der Waals surface area contributed by atoms with Crippen LogP contribution in [-0.2, 0) is 24.4 Å². The van der Waals surface area contributed by atoms with Crippen LogP contribution in [0, 0.1) is 5.82 Å². The van der Waals surface area contributed by atoms with E-state index in [4.69, 9.17) is 5.73 Å². The van der Waals surface area contributed by atoms with Crippen molar-refractivity contribution < 1.29 is 19.1 Å². The van der Waals surface area contributed by atoms with E-state index in [1.54, 1.807) is 24.4 Å². The van der Waals surface area contributed by atoms with E-state index in [0.29, 0.717) is 24.0 Å². The first-order chi connectivity index (χ1) is 14.8. The number of nitrogens with one attached hydrogen (secondary N) is 1. The second kappa shape index (κ2) is 9.48. The lowest BCUT2D eigenvalue weighted by Crippen LogP contribution is -2.37. The van der Waals surface area contributed by atoms with Gasteiger partial charge in [-0.2, -0.15) is 0 Å². The van der Waals surface area contributed by atoms with E-state index in [-0.39, 0.29) is 23.4 Å². The Hall–Kier alpha value is -3.59. The van der Waals surface area contributed by atoms with Crippen molar-refractivity contribution in [2.24, 2.45) is 5.73 Å². The number of amides is 2. The molecule has 0 radical (unpaired) electrons. The maximum Gasteiger partial charge on any atom is 0.264 e. The third kappa shape index (κ3) is 4.77. The maximum atomic E-state index is 13.2. The van der Waals surface area contributed by atoms with Gasteiger partial charge in [0, 0.05) is 18.3 Å². The van der Waals surface area contributed by atoms with Crippen molar-refractivity contribution in [3.8, 4) is 0 Å². The fraction of sp³-hybridized carbons (Fsp3) is 0.273. The van der Waals surface area contributed by atoms with E-state index in [9.17, 15) is 23.9 Å². The Morgan fingerprint density at radius 3 is 2.55 bits per heavy atom. The number of fused-ring (bicyclic) bond motifs is 1. The molecule has 0 aliphatic carbocycles. The van der Waals surface area contributed by atoms with Crippen LogP contribution in [0.5, 0.6) is 0 Å². The van der Waals surface area contributed by atoms with E-state index in [0.717, 1.165) is 16.6 Å². The van der Waals surface area contributed by atoms with Crippen LogP contribution in [0.1, 0.15) is 40.4 Å². The lowest BCUT2D eigenvalue weighted by atomic mass is 10.0. The molecule has 0 saturated carbocycles. The molecule has 2 heterocycles. The lowest BCUT2D eigenvalue weighted by molar-refractivity contribution is -0.121. The number of hydrogen-bond donors (Lipinski definition) is 3. The summed E-state index contributed by atoms with van der Waals surface area (Å²) in [5, 5.41) is 12.5. The molecule has 0 aliphatic rings. The molecule has 0 bridgehead atoms. The van der Waals surface area contributed by atoms with Gasteiger partial charge in [-0.3, -0.25) is 23.9 Å². The van der Waals surface area contributed by atoms with Crippen molar-refractivity contribution in [1.82, 2.24) is 14.9 Å². The Balaban J connectivity index is 2.17. The molecule has 0 spiro atoms. The number of nitrogens with zero attached hydrogens (tertiary/aromatic N) is 2. The molecule has 8 nitrogen and oxygen atoms in total. The second-order valence-corrected chi connectivity index (χ2v) is 7.13. The third-order valence-electron chi connectivity index (χ3n) is 4.86.